The first-order chi connectivity index (χ1) is 5.33. The Hall–Kier alpha value is 0.0500. The van der Waals surface area contributed by atoms with Crippen LogP contribution < -0.4 is 0 Å². The molecule has 0 amide bonds. The number of thiol groups is 1. The molecule has 0 aliphatic carbocycles. The number of hydrogen-bond donors (Lipinski definition) is 1. The number of hydrogen-bond acceptors (Lipinski definition) is 2. The van der Waals surface area contributed by atoms with E-state index in [9.17, 15) is 0 Å². The molecule has 0 radical (unpaired) electrons. The van der Waals surface area contributed by atoms with Gasteiger partial charge in [-0.15, -0.1) is 0 Å². The molecule has 0 aromatic rings. The van der Waals surface area contributed by atoms with Crippen molar-refractivity contribution in [3.05, 3.63) is 12.2 Å². The summed E-state index contributed by atoms with van der Waals surface area (Å²) in [6, 6.07) is 0. The van der Waals surface area contributed by atoms with E-state index in [-0.39, 0.29) is 0 Å². The van der Waals surface area contributed by atoms with Crippen molar-refractivity contribution in [2.45, 2.75) is 13.3 Å². The smallest absolute Gasteiger partial charge is 0.0163 e. The largest absolute Gasteiger partial charge is 0.299 e. The summed E-state index contributed by atoms with van der Waals surface area (Å²) < 4.78 is 0. The molecular weight excluding hydrogens is 154 g/mol. The molecule has 0 N–H and O–H groups in total. The highest BCUT2D eigenvalue weighted by Crippen LogP contribution is 2.14. The minimum absolute atomic E-state index is 0.864. The molecule has 2 heteroatoms. The Morgan fingerprint density at radius 2 is 2.36 bits per heavy atom. The van der Waals surface area contributed by atoms with Gasteiger partial charge >= 0.3 is 0 Å². The fourth-order valence-electron chi connectivity index (χ4n) is 1.49. The van der Waals surface area contributed by atoms with E-state index in [4.69, 9.17) is 0 Å². The fourth-order valence-corrected chi connectivity index (χ4v) is 1.64. The zero-order chi connectivity index (χ0) is 8.10. The predicted octanol–water partition coefficient (Wildman–Crippen LogP) is 1.81. The van der Waals surface area contributed by atoms with E-state index in [0.29, 0.717) is 0 Å². The molecule has 0 saturated carbocycles. The summed E-state index contributed by atoms with van der Waals surface area (Å²) in [5.41, 5.74) is 0. The van der Waals surface area contributed by atoms with Crippen molar-refractivity contribution >= 4 is 12.6 Å². The lowest BCUT2D eigenvalue weighted by atomic mass is 10.2. The van der Waals surface area contributed by atoms with Gasteiger partial charge in [0.15, 0.2) is 0 Å². The van der Waals surface area contributed by atoms with Crippen LogP contribution in [-0.4, -0.2) is 30.3 Å². The monoisotopic (exact) mass is 171 g/mol. The highest BCUT2D eigenvalue weighted by molar-refractivity contribution is 7.80. The molecule has 1 aliphatic heterocycles. The van der Waals surface area contributed by atoms with Crippen LogP contribution in [0.3, 0.4) is 0 Å². The molecule has 1 fully saturated rings. The van der Waals surface area contributed by atoms with Gasteiger partial charge in [0.25, 0.3) is 0 Å². The van der Waals surface area contributed by atoms with Crippen LogP contribution in [0.1, 0.15) is 13.3 Å². The standard InChI is InChI=1S/C9H17NS/c1-9-4-6-10(8-9)5-2-3-7-11/h2-3,9,11H,4-8H2,1H3. The Balaban J connectivity index is 2.13. The molecule has 11 heavy (non-hydrogen) atoms. The lowest BCUT2D eigenvalue weighted by molar-refractivity contribution is 0.364. The van der Waals surface area contributed by atoms with Gasteiger partial charge < -0.3 is 0 Å². The quantitative estimate of drug-likeness (QED) is 0.501. The molecule has 1 heterocycles. The summed E-state index contributed by atoms with van der Waals surface area (Å²) in [6.45, 7) is 5.99. The molecule has 0 aromatic carbocycles. The van der Waals surface area contributed by atoms with Gasteiger partial charge in [0.2, 0.25) is 0 Å². The molecule has 1 unspecified atom stereocenters. The van der Waals surface area contributed by atoms with E-state index < -0.39 is 0 Å². The summed E-state index contributed by atoms with van der Waals surface area (Å²) in [5, 5.41) is 0. The van der Waals surface area contributed by atoms with Crippen molar-refractivity contribution in [3.8, 4) is 0 Å². The molecule has 0 bridgehead atoms. The average molecular weight is 171 g/mol. The third-order valence-corrected chi connectivity index (χ3v) is 2.35. The second-order valence-corrected chi connectivity index (χ2v) is 3.67. The molecule has 0 spiro atoms. The third kappa shape index (κ3) is 3.30. The molecule has 1 nitrogen and oxygen atoms in total. The van der Waals surface area contributed by atoms with E-state index in [1.54, 1.807) is 0 Å². The molecule has 1 saturated heterocycles. The van der Waals surface area contributed by atoms with Gasteiger partial charge in [-0.3, -0.25) is 4.90 Å². The first-order valence-corrected chi connectivity index (χ1v) is 4.94. The first-order valence-electron chi connectivity index (χ1n) is 4.31. The van der Waals surface area contributed by atoms with E-state index in [0.717, 1.165) is 18.2 Å². The predicted molar refractivity (Wildman–Crippen MR) is 53.2 cm³/mol. The maximum absolute atomic E-state index is 4.11. The Bertz CT molecular complexity index is 134. The fraction of sp³-hybridized carbons (Fsp3) is 0.778. The van der Waals surface area contributed by atoms with Gasteiger partial charge in [0.05, 0.1) is 0 Å². The molecular formula is C9H17NS. The lowest BCUT2D eigenvalue weighted by Crippen LogP contribution is -2.19. The van der Waals surface area contributed by atoms with Gasteiger partial charge in [0, 0.05) is 18.8 Å². The summed E-state index contributed by atoms with van der Waals surface area (Å²) >= 11 is 4.11. The second kappa shape index (κ2) is 4.83. The zero-order valence-corrected chi connectivity index (χ0v) is 8.06. The Kier molecular flexibility index (Phi) is 4.02. The van der Waals surface area contributed by atoms with Gasteiger partial charge in [-0.05, 0) is 18.9 Å². The average Bonchev–Trinajstić information content (AvgIpc) is 2.37. The van der Waals surface area contributed by atoms with Crippen LogP contribution >= 0.6 is 12.6 Å². The topological polar surface area (TPSA) is 3.24 Å². The normalized spacial score (nSPS) is 26.9. The minimum atomic E-state index is 0.864. The van der Waals surface area contributed by atoms with Crippen molar-refractivity contribution < 1.29 is 0 Å². The lowest BCUT2D eigenvalue weighted by Gasteiger charge is -2.11. The van der Waals surface area contributed by atoms with Crippen molar-refractivity contribution in [2.75, 3.05) is 25.4 Å². The molecule has 1 aliphatic rings. The van der Waals surface area contributed by atoms with E-state index in [1.165, 1.54) is 19.5 Å². The third-order valence-electron chi connectivity index (χ3n) is 2.14. The van der Waals surface area contributed by atoms with Crippen LogP contribution in [0, 0.1) is 5.92 Å². The van der Waals surface area contributed by atoms with Crippen LogP contribution in [0.2, 0.25) is 0 Å². The highest BCUT2D eigenvalue weighted by Gasteiger charge is 2.16. The van der Waals surface area contributed by atoms with Gasteiger partial charge in [0.1, 0.15) is 0 Å². The molecule has 1 atom stereocenters. The van der Waals surface area contributed by atoms with Crippen LogP contribution in [0.15, 0.2) is 12.2 Å². The number of likely N-dealkylation sites (tertiary alicyclic amines) is 1. The molecule has 64 valence electrons. The Morgan fingerprint density at radius 3 is 2.91 bits per heavy atom. The van der Waals surface area contributed by atoms with Crippen LogP contribution in [0.25, 0.3) is 0 Å². The van der Waals surface area contributed by atoms with Gasteiger partial charge in [-0.1, -0.05) is 19.1 Å². The van der Waals surface area contributed by atoms with Crippen molar-refractivity contribution in [2.24, 2.45) is 5.92 Å². The van der Waals surface area contributed by atoms with Crippen LogP contribution in [0.4, 0.5) is 0 Å². The summed E-state index contributed by atoms with van der Waals surface area (Å²) in [6.07, 6.45) is 5.70. The van der Waals surface area contributed by atoms with Crippen molar-refractivity contribution in [1.82, 2.24) is 4.90 Å². The maximum Gasteiger partial charge on any atom is 0.0163 e. The Morgan fingerprint density at radius 1 is 1.55 bits per heavy atom. The Labute approximate surface area is 74.9 Å². The zero-order valence-electron chi connectivity index (χ0n) is 7.16. The van der Waals surface area contributed by atoms with E-state index in [1.807, 2.05) is 0 Å². The summed E-state index contributed by atoms with van der Waals surface area (Å²) in [5.74, 6) is 1.77. The number of rotatable bonds is 3. The van der Waals surface area contributed by atoms with E-state index >= 15 is 0 Å². The minimum Gasteiger partial charge on any atom is -0.299 e. The SMILES string of the molecule is CC1CCN(CC=CCS)C1. The van der Waals surface area contributed by atoms with Crippen LogP contribution in [-0.2, 0) is 0 Å². The van der Waals surface area contributed by atoms with E-state index in [2.05, 4.69) is 36.6 Å². The summed E-state index contributed by atoms with van der Waals surface area (Å²) in [7, 11) is 0. The maximum atomic E-state index is 4.11. The van der Waals surface area contributed by atoms with Gasteiger partial charge in [-0.2, -0.15) is 12.6 Å². The second-order valence-electron chi connectivity index (χ2n) is 3.31. The molecule has 1 rings (SSSR count). The number of nitrogens with zero attached hydrogens (tertiary/aromatic N) is 1. The van der Waals surface area contributed by atoms with Crippen molar-refractivity contribution in [3.63, 3.8) is 0 Å². The van der Waals surface area contributed by atoms with Gasteiger partial charge in [-0.25, -0.2) is 0 Å². The highest BCUT2D eigenvalue weighted by atomic mass is 32.1. The molecule has 0 aromatic heterocycles. The summed E-state index contributed by atoms with van der Waals surface area (Å²) in [4.78, 5) is 2.49. The van der Waals surface area contributed by atoms with Crippen molar-refractivity contribution in [1.29, 1.82) is 0 Å². The first kappa shape index (κ1) is 9.14. The van der Waals surface area contributed by atoms with Crippen LogP contribution in [0.5, 0.6) is 0 Å².